The molecule has 62 heavy (non-hydrogen) atoms. The molecule has 4 aromatic carbocycles. The molecule has 1 unspecified atom stereocenters. The number of nitrogens with one attached hydrogen (secondary N) is 2. The summed E-state index contributed by atoms with van der Waals surface area (Å²) in [4.78, 5) is 19.6. The highest BCUT2D eigenvalue weighted by molar-refractivity contribution is 8.00. The van der Waals surface area contributed by atoms with Crippen molar-refractivity contribution in [1.29, 1.82) is 0 Å². The molecule has 0 amide bonds. The fourth-order valence-electron chi connectivity index (χ4n) is 6.99. The predicted octanol–water partition coefficient (Wildman–Crippen LogP) is 10.6. The first-order valence-electron chi connectivity index (χ1n) is 20.0. The number of benzene rings is 4. The Morgan fingerprint density at radius 3 is 2.27 bits per heavy atom. The molecule has 0 spiro atoms. The third-order valence-corrected chi connectivity index (χ3v) is 13.9. The van der Waals surface area contributed by atoms with Crippen LogP contribution >= 0.6 is 23.7 Å². The third kappa shape index (κ3) is 11.7. The standard InChI is InChI=1S/C47H50F3N5O4S3/c1-33-10-8-11-36(17-16-33)32-53(4)35(3)45(46(56)57)34(2)37-12-9-13-40(30-37)55-27-25-54(26-28-55)39-20-18-38(19-21-39)52-61-42-22-23-43(44(31-42)62(58,59)47(48,49)50)51-24-29-60-41-14-6-5-7-15-41/h5-23,30-31,33,51-52H,2,24-29,32H2,1,3-4H3,(H,56,57)/b45-35+. The summed E-state index contributed by atoms with van der Waals surface area (Å²) in [5, 5.41) is 13.2. The minimum absolute atomic E-state index is 0.106. The molecule has 1 aliphatic heterocycles. The van der Waals surface area contributed by atoms with Crippen molar-refractivity contribution in [2.75, 3.05) is 71.9 Å². The molecule has 1 heterocycles. The van der Waals surface area contributed by atoms with E-state index in [1.54, 1.807) is 6.07 Å². The van der Waals surface area contributed by atoms with Gasteiger partial charge in [-0.05, 0) is 108 Å². The van der Waals surface area contributed by atoms with Gasteiger partial charge in [-0.15, -0.1) is 11.8 Å². The SMILES string of the molecule is C=C(/C(C(=O)O)=C(/C)N(C)CC1=CC=CC(C)C=C1)c1cccc(N2CCN(c3ccc(NSc4ccc(NCCSc5ccccc5)c(S(=O)(=O)C(F)(F)F)c4)cc3)CC2)c1. The molecular formula is C47H50F3N5O4S3. The average Bonchev–Trinajstić information content (AvgIpc) is 3.47. The van der Waals surface area contributed by atoms with E-state index in [1.807, 2.05) is 110 Å². The number of sulfone groups is 1. The van der Waals surface area contributed by atoms with Gasteiger partial charge in [0.25, 0.3) is 9.84 Å². The van der Waals surface area contributed by atoms with Crippen LogP contribution in [-0.4, -0.2) is 82.0 Å². The summed E-state index contributed by atoms with van der Waals surface area (Å²) in [5.41, 5.74) is 0.149. The zero-order valence-electron chi connectivity index (χ0n) is 34.7. The van der Waals surface area contributed by atoms with Crippen molar-refractivity contribution < 1.29 is 31.5 Å². The van der Waals surface area contributed by atoms with E-state index in [-0.39, 0.29) is 17.8 Å². The predicted molar refractivity (Wildman–Crippen MR) is 250 cm³/mol. The number of anilines is 4. The number of nitrogens with zero attached hydrogens (tertiary/aromatic N) is 3. The van der Waals surface area contributed by atoms with Crippen LogP contribution in [0.4, 0.5) is 35.9 Å². The number of hydrogen-bond acceptors (Lipinski definition) is 10. The second-order valence-electron chi connectivity index (χ2n) is 14.9. The molecule has 1 saturated heterocycles. The maximum atomic E-state index is 13.7. The second-order valence-corrected chi connectivity index (χ2v) is 18.9. The number of alkyl halides is 3. The zero-order valence-corrected chi connectivity index (χ0v) is 37.2. The van der Waals surface area contributed by atoms with Crippen molar-refractivity contribution in [3.05, 3.63) is 156 Å². The van der Waals surface area contributed by atoms with Crippen molar-refractivity contribution in [1.82, 2.24) is 4.90 Å². The Morgan fingerprint density at radius 2 is 1.60 bits per heavy atom. The highest BCUT2D eigenvalue weighted by atomic mass is 32.2. The largest absolute Gasteiger partial charge is 0.501 e. The Kier molecular flexibility index (Phi) is 15.3. The van der Waals surface area contributed by atoms with Crippen LogP contribution in [0.1, 0.15) is 19.4 Å². The Morgan fingerprint density at radius 1 is 0.903 bits per heavy atom. The van der Waals surface area contributed by atoms with E-state index >= 15 is 0 Å². The zero-order chi connectivity index (χ0) is 44.4. The number of carboxylic acids is 1. The van der Waals surface area contributed by atoms with E-state index in [1.165, 1.54) is 17.8 Å². The van der Waals surface area contributed by atoms with E-state index in [2.05, 4.69) is 51.6 Å². The molecule has 2 aliphatic rings. The monoisotopic (exact) mass is 901 g/mol. The second kappa shape index (κ2) is 20.6. The molecule has 4 aromatic rings. The topological polar surface area (TPSA) is 105 Å². The summed E-state index contributed by atoms with van der Waals surface area (Å²) in [6.45, 7) is 11.9. The van der Waals surface area contributed by atoms with E-state index in [9.17, 15) is 31.5 Å². The number of carbonyl (C=O) groups is 1. The fraction of sp³-hybridized carbons (Fsp3) is 0.255. The summed E-state index contributed by atoms with van der Waals surface area (Å²) in [6, 6.07) is 29.0. The number of aliphatic carboxylic acids is 1. The van der Waals surface area contributed by atoms with Gasteiger partial charge in [0, 0.05) is 84.6 Å². The summed E-state index contributed by atoms with van der Waals surface area (Å²) >= 11 is 2.53. The van der Waals surface area contributed by atoms with Gasteiger partial charge in [0.15, 0.2) is 0 Å². The number of likely N-dealkylation sites (N-methyl/N-ethyl adjacent to an activating group) is 1. The molecule has 0 radical (unpaired) electrons. The van der Waals surface area contributed by atoms with Crippen LogP contribution in [0.3, 0.4) is 0 Å². The Balaban J connectivity index is 1.05. The molecule has 326 valence electrons. The lowest BCUT2D eigenvalue weighted by Gasteiger charge is -2.37. The molecular weight excluding hydrogens is 852 g/mol. The summed E-state index contributed by atoms with van der Waals surface area (Å²) in [6.07, 6.45) is 10.4. The quantitative estimate of drug-likeness (QED) is 0.0310. The van der Waals surface area contributed by atoms with Gasteiger partial charge >= 0.3 is 11.5 Å². The van der Waals surface area contributed by atoms with Crippen LogP contribution < -0.4 is 19.8 Å². The highest BCUT2D eigenvalue weighted by Crippen LogP contribution is 2.37. The molecule has 0 saturated carbocycles. The first-order chi connectivity index (χ1) is 29.6. The number of hydrogen-bond donors (Lipinski definition) is 3. The minimum atomic E-state index is -5.62. The molecule has 0 aromatic heterocycles. The first kappa shape index (κ1) is 46.0. The maximum Gasteiger partial charge on any atom is 0.501 e. The van der Waals surface area contributed by atoms with Crippen LogP contribution in [0, 0.1) is 5.92 Å². The van der Waals surface area contributed by atoms with Gasteiger partial charge in [-0.3, -0.25) is 0 Å². The Bertz CT molecular complexity index is 2460. The number of rotatable bonds is 17. The lowest BCUT2D eigenvalue weighted by molar-refractivity contribution is -0.132. The fourth-order valence-corrected chi connectivity index (χ4v) is 9.50. The van der Waals surface area contributed by atoms with Gasteiger partial charge in [0.05, 0.1) is 11.3 Å². The summed E-state index contributed by atoms with van der Waals surface area (Å²) in [7, 11) is -3.73. The number of allylic oxidation sites excluding steroid dienone is 5. The number of piperazine rings is 1. The minimum Gasteiger partial charge on any atom is -0.478 e. The number of halogens is 3. The molecule has 0 bridgehead atoms. The smallest absolute Gasteiger partial charge is 0.478 e. The van der Waals surface area contributed by atoms with Gasteiger partial charge in [0.2, 0.25) is 0 Å². The van der Waals surface area contributed by atoms with E-state index in [0.29, 0.717) is 40.1 Å². The van der Waals surface area contributed by atoms with Gasteiger partial charge in [-0.25, -0.2) is 13.2 Å². The van der Waals surface area contributed by atoms with Crippen LogP contribution in [0.25, 0.3) is 5.57 Å². The van der Waals surface area contributed by atoms with Crippen LogP contribution in [0.5, 0.6) is 0 Å². The van der Waals surface area contributed by atoms with Crippen molar-refractivity contribution in [3.63, 3.8) is 0 Å². The third-order valence-electron chi connectivity index (χ3n) is 10.5. The van der Waals surface area contributed by atoms with Gasteiger partial charge < -0.3 is 29.8 Å². The number of carboxylic acid groups (broad SMARTS) is 1. The molecule has 1 aliphatic carbocycles. The van der Waals surface area contributed by atoms with Gasteiger partial charge in [0.1, 0.15) is 4.90 Å². The molecule has 9 nitrogen and oxygen atoms in total. The molecule has 15 heteroatoms. The van der Waals surface area contributed by atoms with Crippen molar-refractivity contribution in [2.45, 2.75) is 34.0 Å². The molecule has 1 fully saturated rings. The van der Waals surface area contributed by atoms with Crippen molar-refractivity contribution >= 4 is 67.8 Å². The van der Waals surface area contributed by atoms with Gasteiger partial charge in [-0.2, -0.15) is 13.2 Å². The molecule has 3 N–H and O–H groups in total. The lowest BCUT2D eigenvalue weighted by atomic mass is 9.96. The molecule has 1 atom stereocenters. The summed E-state index contributed by atoms with van der Waals surface area (Å²) < 4.78 is 69.5. The Hall–Kier alpha value is -5.51. The lowest BCUT2D eigenvalue weighted by Crippen LogP contribution is -2.46. The Labute approximate surface area is 370 Å². The maximum absolute atomic E-state index is 13.7. The normalized spacial score (nSPS) is 16.0. The van der Waals surface area contributed by atoms with Crippen molar-refractivity contribution in [3.8, 4) is 0 Å². The van der Waals surface area contributed by atoms with E-state index in [4.69, 9.17) is 0 Å². The summed E-state index contributed by atoms with van der Waals surface area (Å²) in [5.74, 6) is -0.179. The van der Waals surface area contributed by atoms with Crippen molar-refractivity contribution in [2.24, 2.45) is 5.92 Å². The molecule has 6 rings (SSSR count). The van der Waals surface area contributed by atoms with Crippen LogP contribution in [-0.2, 0) is 14.6 Å². The van der Waals surface area contributed by atoms with E-state index < -0.39 is 26.2 Å². The van der Waals surface area contributed by atoms with Crippen LogP contribution in [0.15, 0.2) is 166 Å². The van der Waals surface area contributed by atoms with Gasteiger partial charge in [-0.1, -0.05) is 74.2 Å². The average molecular weight is 902 g/mol. The first-order valence-corrected chi connectivity index (χ1v) is 23.3. The number of thioether (sulfide) groups is 1. The van der Waals surface area contributed by atoms with Crippen LogP contribution in [0.2, 0.25) is 0 Å². The highest BCUT2D eigenvalue weighted by Gasteiger charge is 2.48. The van der Waals surface area contributed by atoms with E-state index in [0.717, 1.165) is 71.6 Å².